The molecule has 2 unspecified atom stereocenters. The van der Waals surface area contributed by atoms with Crippen LogP contribution in [0.15, 0.2) is 132 Å². The van der Waals surface area contributed by atoms with Crippen LogP contribution < -0.4 is 9.47 Å². The molecule has 0 saturated carbocycles. The molecular weight excluding hydrogens is 755 g/mol. The Kier molecular flexibility index (Phi) is 11.9. The Hall–Kier alpha value is -4.58. The lowest BCUT2D eigenvalue weighted by Crippen LogP contribution is -2.46. The Balaban J connectivity index is 1.40. The molecule has 0 aliphatic rings. The highest BCUT2D eigenvalue weighted by Gasteiger charge is 2.43. The van der Waals surface area contributed by atoms with E-state index >= 15 is 0 Å². The highest BCUT2D eigenvalue weighted by molar-refractivity contribution is 7.10. The Morgan fingerprint density at radius 1 is 0.473 bits per heavy atom. The van der Waals surface area contributed by atoms with Gasteiger partial charge in [0.25, 0.3) is 0 Å². The number of ether oxygens (including phenoxy) is 3. The molecule has 2 atom stereocenters. The van der Waals surface area contributed by atoms with Crippen LogP contribution >= 0.6 is 22.7 Å². The molecule has 4 aromatic carbocycles. The second kappa shape index (κ2) is 16.3. The predicted molar refractivity (Wildman–Crippen MR) is 207 cm³/mol. The highest BCUT2D eigenvalue weighted by Crippen LogP contribution is 2.44. The van der Waals surface area contributed by atoms with E-state index in [0.29, 0.717) is 32.8 Å². The van der Waals surface area contributed by atoms with Gasteiger partial charge in [0.05, 0.1) is 23.3 Å². The molecule has 0 amide bonds. The zero-order chi connectivity index (χ0) is 39.4. The lowest BCUT2D eigenvalue weighted by Gasteiger charge is -2.42. The van der Waals surface area contributed by atoms with Gasteiger partial charge in [-0.15, -0.1) is 22.7 Å². The number of hydrogen-bond donors (Lipinski definition) is 0. The molecule has 0 saturated heterocycles. The summed E-state index contributed by atoms with van der Waals surface area (Å²) >= 11 is 2.01. The number of thiophene rings is 2. The number of hydrogen-bond acceptors (Lipinski definition) is 5. The molecule has 0 fully saturated rings. The van der Waals surface area contributed by atoms with Gasteiger partial charge in [0.1, 0.15) is 23.0 Å². The Bertz CT molecular complexity index is 2000. The smallest absolute Gasteiger partial charge is 0.417 e. The molecule has 11 heteroatoms. The summed E-state index contributed by atoms with van der Waals surface area (Å²) in [6.07, 6.45) is -10.0. The monoisotopic (exact) mass is 794 g/mol. The molecular formula is C44H40F6O3S2. The third-order valence-electron chi connectivity index (χ3n) is 9.66. The van der Waals surface area contributed by atoms with Gasteiger partial charge in [-0.1, -0.05) is 88.4 Å². The van der Waals surface area contributed by atoms with Gasteiger partial charge in [-0.2, -0.15) is 26.3 Å². The van der Waals surface area contributed by atoms with Gasteiger partial charge in [0.2, 0.25) is 0 Å². The van der Waals surface area contributed by atoms with E-state index in [-0.39, 0.29) is 12.8 Å². The zero-order valence-electron chi connectivity index (χ0n) is 30.6. The van der Waals surface area contributed by atoms with Gasteiger partial charge in [-0.25, -0.2) is 0 Å². The van der Waals surface area contributed by atoms with Crippen molar-refractivity contribution in [2.24, 2.45) is 0 Å². The summed E-state index contributed by atoms with van der Waals surface area (Å²) in [5.41, 5.74) is -1.84. The number of para-hydroxylation sites is 2. The summed E-state index contributed by atoms with van der Waals surface area (Å²) in [5, 5.41) is 2.21. The molecule has 0 aliphatic heterocycles. The zero-order valence-corrected chi connectivity index (χ0v) is 32.2. The minimum Gasteiger partial charge on any atom is -0.457 e. The first-order chi connectivity index (χ1) is 26.0. The molecule has 288 valence electrons. The van der Waals surface area contributed by atoms with Crippen molar-refractivity contribution in [3.63, 3.8) is 0 Å². The summed E-state index contributed by atoms with van der Waals surface area (Å²) < 4.78 is 103. The van der Waals surface area contributed by atoms with E-state index in [1.807, 2.05) is 137 Å². The van der Waals surface area contributed by atoms with Crippen LogP contribution in [0, 0.1) is 0 Å². The molecule has 6 rings (SSSR count). The van der Waals surface area contributed by atoms with Crippen molar-refractivity contribution in [1.29, 1.82) is 0 Å². The van der Waals surface area contributed by atoms with Crippen LogP contribution in [0.2, 0.25) is 0 Å². The minimum atomic E-state index is -4.53. The second-order valence-electron chi connectivity index (χ2n) is 14.5. The Labute approximate surface area is 325 Å². The van der Waals surface area contributed by atoms with E-state index in [1.54, 1.807) is 0 Å². The van der Waals surface area contributed by atoms with E-state index < -0.39 is 46.5 Å². The van der Waals surface area contributed by atoms with Crippen LogP contribution in [0.1, 0.15) is 59.7 Å². The molecule has 2 aromatic heterocycles. The van der Waals surface area contributed by atoms with Crippen molar-refractivity contribution in [3.05, 3.63) is 164 Å². The normalized spacial score (nSPS) is 13.7. The molecule has 3 nitrogen and oxygen atoms in total. The minimum absolute atomic E-state index is 0.264. The largest absolute Gasteiger partial charge is 0.457 e. The molecule has 0 bridgehead atoms. The first-order valence-corrected chi connectivity index (χ1v) is 19.4. The standard InChI is InChI=1S/C44H40F6O3S2/c1-41(2,39-25-31(27-54-39)43(45,46)47)37(23-29-13-11-19-35(21-29)51-33-15-7-5-8-16-33)53-38(42(3,4)40-26-32(28-55-40)44(48,49)50)24-30-14-12-20-36(22-30)52-34-17-9-6-10-18-34/h5-22,25-28,37-38H,23-24H2,1-4H3. The van der Waals surface area contributed by atoms with E-state index in [1.165, 1.54) is 0 Å². The summed E-state index contributed by atoms with van der Waals surface area (Å²) in [4.78, 5) is 0.929. The average molecular weight is 795 g/mol. The van der Waals surface area contributed by atoms with Gasteiger partial charge >= 0.3 is 12.4 Å². The van der Waals surface area contributed by atoms with Crippen LogP contribution in [-0.4, -0.2) is 12.2 Å². The fraction of sp³-hybridized carbons (Fsp3) is 0.273. The van der Waals surface area contributed by atoms with Gasteiger partial charge in [-0.05, 0) is 84.6 Å². The molecule has 2 heterocycles. The summed E-state index contributed by atoms with van der Waals surface area (Å²) in [6, 6.07) is 35.7. The molecule has 0 aliphatic carbocycles. The SMILES string of the molecule is CC(C)(c1cc(C(F)(F)F)cs1)C(Cc1cccc(Oc2ccccc2)c1)OC(Cc1cccc(Oc2ccccc2)c1)C(C)(C)c1cc(C(F)(F)F)cs1. The van der Waals surface area contributed by atoms with E-state index in [9.17, 15) is 26.3 Å². The van der Waals surface area contributed by atoms with Crippen molar-refractivity contribution in [2.75, 3.05) is 0 Å². The second-order valence-corrected chi connectivity index (χ2v) is 16.3. The molecule has 55 heavy (non-hydrogen) atoms. The maximum atomic E-state index is 13.9. The summed E-state index contributed by atoms with van der Waals surface area (Å²) in [6.45, 7) is 7.39. The number of benzene rings is 4. The third-order valence-corrected chi connectivity index (χ3v) is 12.2. The number of alkyl halides is 6. The average Bonchev–Trinajstić information content (AvgIpc) is 3.85. The van der Waals surface area contributed by atoms with Crippen LogP contribution in [0.4, 0.5) is 26.3 Å². The van der Waals surface area contributed by atoms with Gasteiger partial charge in [0.15, 0.2) is 0 Å². The van der Waals surface area contributed by atoms with Gasteiger partial charge < -0.3 is 14.2 Å². The molecule has 0 radical (unpaired) electrons. The van der Waals surface area contributed by atoms with Crippen LogP contribution in [0.5, 0.6) is 23.0 Å². The maximum Gasteiger partial charge on any atom is 0.417 e. The number of halogens is 6. The topological polar surface area (TPSA) is 27.7 Å². The summed E-state index contributed by atoms with van der Waals surface area (Å²) in [7, 11) is 0. The van der Waals surface area contributed by atoms with Crippen molar-refractivity contribution < 1.29 is 40.6 Å². The lowest BCUT2D eigenvalue weighted by molar-refractivity contribution is -0.138. The van der Waals surface area contributed by atoms with Crippen LogP contribution in [0.25, 0.3) is 0 Å². The van der Waals surface area contributed by atoms with Crippen molar-refractivity contribution in [1.82, 2.24) is 0 Å². The van der Waals surface area contributed by atoms with Crippen molar-refractivity contribution in [3.8, 4) is 23.0 Å². The Morgan fingerprint density at radius 3 is 1.18 bits per heavy atom. The first-order valence-electron chi connectivity index (χ1n) is 17.6. The molecule has 0 spiro atoms. The number of rotatable bonds is 14. The van der Waals surface area contributed by atoms with E-state index in [0.717, 1.165) is 56.7 Å². The van der Waals surface area contributed by atoms with Crippen molar-refractivity contribution >= 4 is 22.7 Å². The van der Waals surface area contributed by atoms with Gasteiger partial charge in [-0.3, -0.25) is 0 Å². The maximum absolute atomic E-state index is 13.9. The highest BCUT2D eigenvalue weighted by atomic mass is 32.1. The third kappa shape index (κ3) is 10.00. The summed E-state index contributed by atoms with van der Waals surface area (Å²) in [5.74, 6) is 2.42. The fourth-order valence-corrected chi connectivity index (χ4v) is 8.43. The van der Waals surface area contributed by atoms with Crippen LogP contribution in [0.3, 0.4) is 0 Å². The van der Waals surface area contributed by atoms with E-state index in [4.69, 9.17) is 14.2 Å². The quantitative estimate of drug-likeness (QED) is 0.103. The van der Waals surface area contributed by atoms with E-state index in [2.05, 4.69) is 0 Å². The lowest BCUT2D eigenvalue weighted by atomic mass is 9.78. The fourth-order valence-electron chi connectivity index (χ4n) is 6.26. The first kappa shape index (κ1) is 40.1. The van der Waals surface area contributed by atoms with Crippen molar-refractivity contribution in [2.45, 2.75) is 75.9 Å². The van der Waals surface area contributed by atoms with Gasteiger partial charge in [0, 0.05) is 31.3 Å². The van der Waals surface area contributed by atoms with Crippen LogP contribution in [-0.2, 0) is 40.8 Å². The Morgan fingerprint density at radius 2 is 0.836 bits per heavy atom. The predicted octanol–water partition coefficient (Wildman–Crippen LogP) is 13.9. The molecule has 6 aromatic rings. The molecule has 0 N–H and O–H groups in total.